The van der Waals surface area contributed by atoms with Crippen molar-refractivity contribution in [2.75, 3.05) is 13.6 Å². The lowest BCUT2D eigenvalue weighted by molar-refractivity contribution is 0.322. The molecule has 0 fully saturated rings. The number of pyridine rings is 1. The molecule has 16 heavy (non-hydrogen) atoms. The molecule has 0 aliphatic heterocycles. The highest BCUT2D eigenvalue weighted by molar-refractivity contribution is 6.67. The molecule has 0 aliphatic carbocycles. The van der Waals surface area contributed by atoms with E-state index < -0.39 is 0 Å². The molecule has 0 radical (unpaired) electrons. The largest absolute Gasteiger partial charge is 0.432 e. The van der Waals surface area contributed by atoms with Gasteiger partial charge in [-0.3, -0.25) is 4.40 Å². The highest BCUT2D eigenvalue weighted by Gasteiger charge is 2.17. The van der Waals surface area contributed by atoms with Crippen LogP contribution in [0, 0.1) is 0 Å². The van der Waals surface area contributed by atoms with Crippen LogP contribution in [0.15, 0.2) is 23.1 Å². The number of hydrogen-bond donors (Lipinski definition) is 1. The second-order valence-electron chi connectivity index (χ2n) is 3.50. The molecule has 7 heteroatoms. The van der Waals surface area contributed by atoms with Crippen LogP contribution in [0.4, 0.5) is 0 Å². The second-order valence-corrected chi connectivity index (χ2v) is 3.50. The number of aromatic nitrogens is 3. The Morgan fingerprint density at radius 1 is 1.62 bits per heavy atom. The van der Waals surface area contributed by atoms with Crippen LogP contribution in [0.2, 0.25) is 0 Å². The molecular formula is C9H12BN3O3. The first-order chi connectivity index (χ1) is 7.67. The van der Waals surface area contributed by atoms with Crippen molar-refractivity contribution >= 4 is 18.0 Å². The average molecular weight is 221 g/mol. The van der Waals surface area contributed by atoms with E-state index in [-0.39, 0.29) is 19.1 Å². The standard InChI is InChI=1S/C9H12BN3O3/c1-12-9(15)13-4-3-7(5-8(13)11-12)10(6-14)16-2/h3-5,14H,6H2,1-2H3. The molecule has 2 aromatic heterocycles. The van der Waals surface area contributed by atoms with E-state index in [2.05, 4.69) is 5.10 Å². The molecule has 0 saturated heterocycles. The van der Waals surface area contributed by atoms with Gasteiger partial charge in [-0.15, -0.1) is 0 Å². The third kappa shape index (κ3) is 1.64. The Labute approximate surface area is 92.2 Å². The van der Waals surface area contributed by atoms with Gasteiger partial charge in [-0.1, -0.05) is 0 Å². The fourth-order valence-electron chi connectivity index (χ4n) is 1.61. The number of aliphatic hydroxyl groups is 1. The van der Waals surface area contributed by atoms with E-state index in [1.807, 2.05) is 0 Å². The molecule has 0 unspecified atom stereocenters. The summed E-state index contributed by atoms with van der Waals surface area (Å²) in [6.07, 6.45) is 1.63. The molecule has 0 aliphatic rings. The maximum absolute atomic E-state index is 11.5. The minimum absolute atomic E-state index is 0.107. The predicted octanol–water partition coefficient (Wildman–Crippen LogP) is -1.59. The summed E-state index contributed by atoms with van der Waals surface area (Å²) in [6, 6.07) is 3.46. The van der Waals surface area contributed by atoms with Crippen LogP contribution < -0.4 is 11.2 Å². The lowest BCUT2D eigenvalue weighted by atomic mass is 9.62. The highest BCUT2D eigenvalue weighted by atomic mass is 16.4. The Hall–Kier alpha value is -1.60. The van der Waals surface area contributed by atoms with Gasteiger partial charge in [-0.25, -0.2) is 9.48 Å². The molecule has 0 saturated carbocycles. The topological polar surface area (TPSA) is 68.8 Å². The van der Waals surface area contributed by atoms with E-state index in [1.165, 1.54) is 16.2 Å². The van der Waals surface area contributed by atoms with Crippen LogP contribution in [0.1, 0.15) is 0 Å². The van der Waals surface area contributed by atoms with Crippen molar-refractivity contribution in [3.8, 4) is 0 Å². The monoisotopic (exact) mass is 221 g/mol. The predicted molar refractivity (Wildman–Crippen MR) is 59.9 cm³/mol. The third-order valence-electron chi connectivity index (χ3n) is 2.52. The molecule has 0 aromatic carbocycles. The van der Waals surface area contributed by atoms with Gasteiger partial charge in [0.15, 0.2) is 5.65 Å². The Kier molecular flexibility index (Phi) is 2.80. The first-order valence-corrected chi connectivity index (χ1v) is 4.86. The minimum atomic E-state index is -0.387. The van der Waals surface area contributed by atoms with Crippen LogP contribution in [0.5, 0.6) is 0 Å². The smallest absolute Gasteiger partial charge is 0.353 e. The zero-order valence-electron chi connectivity index (χ0n) is 9.12. The summed E-state index contributed by atoms with van der Waals surface area (Å²) in [5, 5.41) is 13.1. The van der Waals surface area contributed by atoms with Crippen molar-refractivity contribution in [2.45, 2.75) is 0 Å². The summed E-state index contributed by atoms with van der Waals surface area (Å²) in [5.41, 5.74) is 1.14. The van der Waals surface area contributed by atoms with Crippen LogP contribution >= 0.6 is 0 Å². The van der Waals surface area contributed by atoms with Crippen molar-refractivity contribution in [3.05, 3.63) is 28.8 Å². The molecule has 84 valence electrons. The first kappa shape index (κ1) is 10.9. The summed E-state index contributed by atoms with van der Waals surface area (Å²) in [4.78, 5) is 11.5. The van der Waals surface area contributed by atoms with Gasteiger partial charge in [-0.05, 0) is 17.6 Å². The molecule has 2 rings (SSSR count). The fourth-order valence-corrected chi connectivity index (χ4v) is 1.61. The average Bonchev–Trinajstić information content (AvgIpc) is 2.56. The summed E-state index contributed by atoms with van der Waals surface area (Å²) in [5.74, 6) is 0. The number of hydrogen-bond acceptors (Lipinski definition) is 4. The van der Waals surface area contributed by atoms with Gasteiger partial charge < -0.3 is 9.76 Å². The van der Waals surface area contributed by atoms with Crippen molar-refractivity contribution in [1.29, 1.82) is 0 Å². The Morgan fingerprint density at radius 3 is 3.00 bits per heavy atom. The van der Waals surface area contributed by atoms with Gasteiger partial charge in [0.05, 0.1) is 6.51 Å². The van der Waals surface area contributed by atoms with Gasteiger partial charge in [0, 0.05) is 20.4 Å². The van der Waals surface area contributed by atoms with E-state index in [4.69, 9.17) is 9.76 Å². The van der Waals surface area contributed by atoms with Gasteiger partial charge in [0.1, 0.15) is 0 Å². The Bertz CT molecular complexity index is 559. The summed E-state index contributed by atoms with van der Waals surface area (Å²) in [6.45, 7) is -0.494. The van der Waals surface area contributed by atoms with Crippen molar-refractivity contribution in [1.82, 2.24) is 14.2 Å². The van der Waals surface area contributed by atoms with Gasteiger partial charge in [0.2, 0.25) is 0 Å². The second kappa shape index (κ2) is 4.11. The SMILES string of the molecule is COB(CO)c1ccn2c(=O)n(C)nc2c1. The van der Waals surface area contributed by atoms with Crippen molar-refractivity contribution in [2.24, 2.45) is 7.05 Å². The van der Waals surface area contributed by atoms with Crippen molar-refractivity contribution < 1.29 is 9.76 Å². The molecule has 2 heterocycles. The summed E-state index contributed by atoms with van der Waals surface area (Å²) in [7, 11) is 3.12. The molecule has 0 amide bonds. The normalized spacial score (nSPS) is 10.9. The molecule has 1 N–H and O–H groups in total. The Balaban J connectivity index is 2.56. The summed E-state index contributed by atoms with van der Waals surface area (Å²) < 4.78 is 7.80. The quantitative estimate of drug-likeness (QED) is 0.634. The molecule has 0 bridgehead atoms. The van der Waals surface area contributed by atoms with Crippen LogP contribution in [0.3, 0.4) is 0 Å². The number of rotatable bonds is 3. The van der Waals surface area contributed by atoms with Crippen molar-refractivity contribution in [3.63, 3.8) is 0 Å². The van der Waals surface area contributed by atoms with Gasteiger partial charge in [0.25, 0.3) is 0 Å². The third-order valence-corrected chi connectivity index (χ3v) is 2.52. The van der Waals surface area contributed by atoms with Crippen LogP contribution in [-0.4, -0.2) is 39.8 Å². The number of fused-ring (bicyclic) bond motifs is 1. The van der Waals surface area contributed by atoms with E-state index >= 15 is 0 Å². The van der Waals surface area contributed by atoms with Gasteiger partial charge in [-0.2, -0.15) is 5.10 Å². The maximum Gasteiger partial charge on any atom is 0.353 e. The molecule has 6 nitrogen and oxygen atoms in total. The fraction of sp³-hybridized carbons (Fsp3) is 0.333. The van der Waals surface area contributed by atoms with E-state index in [0.717, 1.165) is 5.46 Å². The maximum atomic E-state index is 11.5. The molecule has 0 spiro atoms. The molecular weight excluding hydrogens is 209 g/mol. The first-order valence-electron chi connectivity index (χ1n) is 4.86. The minimum Gasteiger partial charge on any atom is -0.432 e. The van der Waals surface area contributed by atoms with Crippen LogP contribution in [-0.2, 0) is 11.7 Å². The highest BCUT2D eigenvalue weighted by Crippen LogP contribution is 1.95. The molecule has 0 atom stereocenters. The number of aliphatic hydroxyl groups excluding tert-OH is 1. The number of aryl methyl sites for hydroxylation is 1. The Morgan fingerprint density at radius 2 is 2.38 bits per heavy atom. The van der Waals surface area contributed by atoms with E-state index in [0.29, 0.717) is 5.65 Å². The zero-order chi connectivity index (χ0) is 11.7. The lowest BCUT2D eigenvalue weighted by Gasteiger charge is -2.07. The van der Waals surface area contributed by atoms with Crippen LogP contribution in [0.25, 0.3) is 5.65 Å². The molecule has 2 aromatic rings. The van der Waals surface area contributed by atoms with E-state index in [1.54, 1.807) is 25.4 Å². The summed E-state index contributed by atoms with van der Waals surface area (Å²) >= 11 is 0. The van der Waals surface area contributed by atoms with E-state index in [9.17, 15) is 4.79 Å². The number of nitrogens with zero attached hydrogens (tertiary/aromatic N) is 3. The van der Waals surface area contributed by atoms with Gasteiger partial charge >= 0.3 is 12.6 Å². The lowest BCUT2D eigenvalue weighted by Crippen LogP contribution is -2.36. The zero-order valence-corrected chi connectivity index (χ0v) is 9.12.